The van der Waals surface area contributed by atoms with Crippen molar-refractivity contribution in [2.75, 3.05) is 19.5 Å². The lowest BCUT2D eigenvalue weighted by atomic mass is 9.89. The third-order valence-corrected chi connectivity index (χ3v) is 5.94. The molecule has 20 heavy (non-hydrogen) atoms. The van der Waals surface area contributed by atoms with Crippen LogP contribution >= 0.6 is 11.6 Å². The number of hydrogen-bond donors (Lipinski definition) is 1. The molecule has 1 fully saturated rings. The van der Waals surface area contributed by atoms with E-state index in [2.05, 4.69) is 4.72 Å². The fourth-order valence-electron chi connectivity index (χ4n) is 2.57. The van der Waals surface area contributed by atoms with Gasteiger partial charge in [0.1, 0.15) is 5.75 Å². The number of methoxy groups -OCH3 is 1. The molecule has 1 aromatic rings. The summed E-state index contributed by atoms with van der Waals surface area (Å²) in [6.07, 6.45) is 4.22. The minimum Gasteiger partial charge on any atom is -0.497 e. The monoisotopic (exact) mass is 317 g/mol. The molecule has 1 aliphatic rings. The smallest absolute Gasteiger partial charge is 0.240 e. The van der Waals surface area contributed by atoms with Gasteiger partial charge in [-0.15, -0.1) is 11.6 Å². The van der Waals surface area contributed by atoms with Crippen molar-refractivity contribution in [3.8, 4) is 5.75 Å². The first-order valence-electron chi connectivity index (χ1n) is 6.71. The van der Waals surface area contributed by atoms with Crippen molar-refractivity contribution in [1.82, 2.24) is 4.72 Å². The second-order valence-electron chi connectivity index (χ2n) is 5.34. The molecule has 1 saturated carbocycles. The van der Waals surface area contributed by atoms with Crippen molar-refractivity contribution in [1.29, 1.82) is 0 Å². The zero-order valence-corrected chi connectivity index (χ0v) is 13.1. The van der Waals surface area contributed by atoms with Gasteiger partial charge in [0.25, 0.3) is 0 Å². The molecule has 0 bridgehead atoms. The van der Waals surface area contributed by atoms with Crippen LogP contribution in [0.1, 0.15) is 25.7 Å². The van der Waals surface area contributed by atoms with Gasteiger partial charge < -0.3 is 4.74 Å². The Morgan fingerprint density at radius 3 is 2.35 bits per heavy atom. The van der Waals surface area contributed by atoms with E-state index in [9.17, 15) is 8.42 Å². The van der Waals surface area contributed by atoms with E-state index >= 15 is 0 Å². The molecule has 4 nitrogen and oxygen atoms in total. The number of hydrogen-bond acceptors (Lipinski definition) is 3. The summed E-state index contributed by atoms with van der Waals surface area (Å²) < 4.78 is 32.2. The highest BCUT2D eigenvalue weighted by Crippen LogP contribution is 2.38. The highest BCUT2D eigenvalue weighted by atomic mass is 35.5. The van der Waals surface area contributed by atoms with Crippen molar-refractivity contribution in [2.45, 2.75) is 30.6 Å². The van der Waals surface area contributed by atoms with Crippen molar-refractivity contribution in [3.05, 3.63) is 24.3 Å². The molecule has 112 valence electrons. The summed E-state index contributed by atoms with van der Waals surface area (Å²) in [5.41, 5.74) is -0.0822. The van der Waals surface area contributed by atoms with E-state index in [0.29, 0.717) is 18.2 Å². The van der Waals surface area contributed by atoms with Crippen LogP contribution in [0.3, 0.4) is 0 Å². The molecule has 0 aromatic heterocycles. The number of alkyl halides is 1. The van der Waals surface area contributed by atoms with E-state index in [-0.39, 0.29) is 10.3 Å². The van der Waals surface area contributed by atoms with Gasteiger partial charge in [0, 0.05) is 12.4 Å². The lowest BCUT2D eigenvalue weighted by molar-refractivity contribution is 0.342. The van der Waals surface area contributed by atoms with E-state index < -0.39 is 10.0 Å². The van der Waals surface area contributed by atoms with Gasteiger partial charge in [0.05, 0.1) is 12.0 Å². The maximum Gasteiger partial charge on any atom is 0.240 e. The van der Waals surface area contributed by atoms with Crippen LogP contribution < -0.4 is 9.46 Å². The van der Waals surface area contributed by atoms with E-state index in [1.807, 2.05) is 0 Å². The fraction of sp³-hybridized carbons (Fsp3) is 0.571. The topological polar surface area (TPSA) is 55.4 Å². The Balaban J connectivity index is 2.06. The summed E-state index contributed by atoms with van der Waals surface area (Å²) in [6.45, 7) is 0.408. The van der Waals surface area contributed by atoms with Gasteiger partial charge in [-0.25, -0.2) is 13.1 Å². The third-order valence-electron chi connectivity index (χ3n) is 3.95. The molecular formula is C14H20ClNO3S. The summed E-state index contributed by atoms with van der Waals surface area (Å²) in [5, 5.41) is 0. The number of rotatable bonds is 6. The molecule has 0 spiro atoms. The molecule has 1 aromatic carbocycles. The minimum absolute atomic E-state index is 0.0822. The Labute approximate surface area is 125 Å². The van der Waals surface area contributed by atoms with Gasteiger partial charge in [0.2, 0.25) is 10.0 Å². The molecule has 0 saturated heterocycles. The molecule has 0 heterocycles. The number of ether oxygens (including phenoxy) is 1. The number of halogens is 1. The van der Waals surface area contributed by atoms with Crippen molar-refractivity contribution < 1.29 is 13.2 Å². The molecule has 6 heteroatoms. The van der Waals surface area contributed by atoms with Crippen molar-refractivity contribution >= 4 is 21.6 Å². The molecule has 0 unspecified atom stereocenters. The number of benzene rings is 1. The van der Waals surface area contributed by atoms with Crippen LogP contribution in [0, 0.1) is 5.41 Å². The average Bonchev–Trinajstić information content (AvgIpc) is 2.95. The van der Waals surface area contributed by atoms with Gasteiger partial charge in [-0.1, -0.05) is 12.8 Å². The Morgan fingerprint density at radius 2 is 1.85 bits per heavy atom. The molecule has 1 N–H and O–H groups in total. The predicted octanol–water partition coefficient (Wildman–Crippen LogP) is 2.77. The zero-order chi connectivity index (χ0) is 14.6. The standard InChI is InChI=1S/C14H20ClNO3S/c1-19-12-4-6-13(7-5-12)20(17,18)16-11-14(10-15)8-2-3-9-14/h4-7,16H,2-3,8-11H2,1H3. The quantitative estimate of drug-likeness (QED) is 0.821. The van der Waals surface area contributed by atoms with E-state index in [1.54, 1.807) is 31.4 Å². The van der Waals surface area contributed by atoms with Crippen molar-refractivity contribution in [3.63, 3.8) is 0 Å². The summed E-state index contributed by atoms with van der Waals surface area (Å²) in [7, 11) is -1.94. The summed E-state index contributed by atoms with van der Waals surface area (Å²) in [4.78, 5) is 0.251. The summed E-state index contributed by atoms with van der Waals surface area (Å²) in [5.74, 6) is 1.13. The molecule has 0 radical (unpaired) electrons. The number of sulfonamides is 1. The summed E-state index contributed by atoms with van der Waals surface area (Å²) in [6, 6.07) is 6.37. The largest absolute Gasteiger partial charge is 0.497 e. The first kappa shape index (κ1) is 15.6. The second kappa shape index (κ2) is 6.33. The lowest BCUT2D eigenvalue weighted by Gasteiger charge is -2.26. The first-order valence-corrected chi connectivity index (χ1v) is 8.73. The Kier molecular flexibility index (Phi) is 4.94. The van der Waals surface area contributed by atoms with Gasteiger partial charge >= 0.3 is 0 Å². The van der Waals surface area contributed by atoms with Crippen LogP contribution in [0.25, 0.3) is 0 Å². The fourth-order valence-corrected chi connectivity index (χ4v) is 4.09. The van der Waals surface area contributed by atoms with Crippen LogP contribution in [-0.2, 0) is 10.0 Å². The van der Waals surface area contributed by atoms with Gasteiger partial charge in [-0.3, -0.25) is 0 Å². The van der Waals surface area contributed by atoms with Gasteiger partial charge in [-0.05, 0) is 42.5 Å². The Morgan fingerprint density at radius 1 is 1.25 bits per heavy atom. The van der Waals surface area contributed by atoms with Crippen LogP contribution in [0.2, 0.25) is 0 Å². The molecule has 0 aliphatic heterocycles. The highest BCUT2D eigenvalue weighted by Gasteiger charge is 2.34. The SMILES string of the molecule is COc1ccc(S(=O)(=O)NCC2(CCl)CCCC2)cc1. The van der Waals surface area contributed by atoms with Crippen LogP contribution in [-0.4, -0.2) is 28.0 Å². The number of nitrogens with one attached hydrogen (secondary N) is 1. The van der Waals surface area contributed by atoms with Crippen LogP contribution in [0.15, 0.2) is 29.2 Å². The normalized spacial score (nSPS) is 18.1. The first-order chi connectivity index (χ1) is 9.51. The van der Waals surface area contributed by atoms with Gasteiger partial charge in [0.15, 0.2) is 0 Å². The zero-order valence-electron chi connectivity index (χ0n) is 11.6. The molecule has 2 rings (SSSR count). The van der Waals surface area contributed by atoms with Crippen LogP contribution in [0.5, 0.6) is 5.75 Å². The molecule has 1 aliphatic carbocycles. The second-order valence-corrected chi connectivity index (χ2v) is 7.38. The highest BCUT2D eigenvalue weighted by molar-refractivity contribution is 7.89. The molecule has 0 atom stereocenters. The maximum atomic E-state index is 12.3. The molecule has 0 amide bonds. The van der Waals surface area contributed by atoms with E-state index in [4.69, 9.17) is 16.3 Å². The van der Waals surface area contributed by atoms with Crippen LogP contribution in [0.4, 0.5) is 0 Å². The Hall–Kier alpha value is -0.780. The van der Waals surface area contributed by atoms with E-state index in [1.165, 1.54) is 0 Å². The average molecular weight is 318 g/mol. The van der Waals surface area contributed by atoms with Crippen molar-refractivity contribution in [2.24, 2.45) is 5.41 Å². The predicted molar refractivity (Wildman–Crippen MR) is 79.8 cm³/mol. The minimum atomic E-state index is -3.49. The van der Waals surface area contributed by atoms with E-state index in [0.717, 1.165) is 25.7 Å². The van der Waals surface area contributed by atoms with Gasteiger partial charge in [-0.2, -0.15) is 0 Å². The molecular weight excluding hydrogens is 298 g/mol. The Bertz CT molecular complexity index is 536. The maximum absolute atomic E-state index is 12.3. The summed E-state index contributed by atoms with van der Waals surface area (Å²) >= 11 is 6.03. The lowest BCUT2D eigenvalue weighted by Crippen LogP contribution is -2.37. The third kappa shape index (κ3) is 3.45.